The SMILES string of the molecule is CC(=O)SCCC1=C([N+](=O)[O-])C(C)CC=C1Br. The van der Waals surface area contributed by atoms with Crippen LogP contribution in [0, 0.1) is 16.0 Å². The molecule has 0 radical (unpaired) electrons. The Morgan fingerprint density at radius 3 is 2.88 bits per heavy atom. The second-order valence-electron chi connectivity index (χ2n) is 3.90. The highest BCUT2D eigenvalue weighted by atomic mass is 79.9. The summed E-state index contributed by atoms with van der Waals surface area (Å²) in [6.45, 7) is 3.36. The lowest BCUT2D eigenvalue weighted by atomic mass is 9.92. The largest absolute Gasteiger partial charge is 0.288 e. The quantitative estimate of drug-likeness (QED) is 0.587. The number of hydrogen-bond donors (Lipinski definition) is 0. The maximum absolute atomic E-state index is 11.0. The zero-order chi connectivity index (χ0) is 13.0. The number of nitro groups is 1. The fourth-order valence-electron chi connectivity index (χ4n) is 1.77. The topological polar surface area (TPSA) is 60.2 Å². The summed E-state index contributed by atoms with van der Waals surface area (Å²) >= 11 is 4.56. The van der Waals surface area contributed by atoms with Crippen molar-refractivity contribution < 1.29 is 9.72 Å². The molecule has 0 heterocycles. The molecule has 0 aliphatic heterocycles. The van der Waals surface area contributed by atoms with Gasteiger partial charge in [-0.1, -0.05) is 40.7 Å². The van der Waals surface area contributed by atoms with Crippen LogP contribution in [0.4, 0.5) is 0 Å². The van der Waals surface area contributed by atoms with Gasteiger partial charge in [-0.15, -0.1) is 0 Å². The van der Waals surface area contributed by atoms with Gasteiger partial charge >= 0.3 is 0 Å². The number of rotatable bonds is 4. The predicted molar refractivity (Wildman–Crippen MR) is 72.6 cm³/mol. The van der Waals surface area contributed by atoms with E-state index in [9.17, 15) is 14.9 Å². The molecule has 0 aromatic rings. The van der Waals surface area contributed by atoms with E-state index >= 15 is 0 Å². The Hall–Kier alpha value is -0.620. The predicted octanol–water partition coefficient (Wildman–Crippen LogP) is 3.51. The molecule has 0 spiro atoms. The first-order chi connectivity index (χ1) is 7.93. The first-order valence-corrected chi connectivity index (χ1v) is 7.08. The average molecular weight is 320 g/mol. The van der Waals surface area contributed by atoms with Gasteiger partial charge in [0, 0.05) is 22.7 Å². The van der Waals surface area contributed by atoms with Crippen molar-refractivity contribution in [1.29, 1.82) is 0 Å². The van der Waals surface area contributed by atoms with E-state index in [1.165, 1.54) is 18.7 Å². The van der Waals surface area contributed by atoms with Crippen LogP contribution in [0.2, 0.25) is 0 Å². The zero-order valence-electron chi connectivity index (χ0n) is 9.73. The van der Waals surface area contributed by atoms with E-state index in [2.05, 4.69) is 15.9 Å². The van der Waals surface area contributed by atoms with E-state index in [1.807, 2.05) is 13.0 Å². The summed E-state index contributed by atoms with van der Waals surface area (Å²) < 4.78 is 0.798. The third-order valence-corrected chi connectivity index (χ3v) is 4.19. The van der Waals surface area contributed by atoms with Crippen LogP contribution in [0.5, 0.6) is 0 Å². The maximum Gasteiger partial charge on any atom is 0.253 e. The van der Waals surface area contributed by atoms with Gasteiger partial charge in [-0.25, -0.2) is 0 Å². The summed E-state index contributed by atoms with van der Waals surface area (Å²) in [6, 6.07) is 0. The molecule has 0 aromatic carbocycles. The lowest BCUT2D eigenvalue weighted by Gasteiger charge is -2.17. The molecule has 17 heavy (non-hydrogen) atoms. The molecular weight excluding hydrogens is 306 g/mol. The number of carbonyl (C=O) groups is 1. The van der Waals surface area contributed by atoms with Gasteiger partial charge in [0.05, 0.1) is 10.8 Å². The first kappa shape index (κ1) is 14.4. The Bertz CT molecular complexity index is 404. The molecule has 6 heteroatoms. The number of allylic oxidation sites excluding steroid dienone is 4. The molecule has 0 N–H and O–H groups in total. The molecule has 4 nitrogen and oxygen atoms in total. The third kappa shape index (κ3) is 3.96. The molecule has 0 bridgehead atoms. The molecule has 1 unspecified atom stereocenters. The summed E-state index contributed by atoms with van der Waals surface area (Å²) in [5.74, 6) is 0.515. The highest BCUT2D eigenvalue weighted by molar-refractivity contribution is 9.12. The van der Waals surface area contributed by atoms with Crippen LogP contribution < -0.4 is 0 Å². The second-order valence-corrected chi connectivity index (χ2v) is 6.03. The monoisotopic (exact) mass is 319 g/mol. The van der Waals surface area contributed by atoms with Gasteiger partial charge in [0.1, 0.15) is 0 Å². The first-order valence-electron chi connectivity index (χ1n) is 5.30. The van der Waals surface area contributed by atoms with Gasteiger partial charge in [0.2, 0.25) is 0 Å². The molecule has 94 valence electrons. The van der Waals surface area contributed by atoms with E-state index < -0.39 is 0 Å². The van der Waals surface area contributed by atoms with Gasteiger partial charge in [-0.2, -0.15) is 0 Å². The van der Waals surface area contributed by atoms with E-state index in [0.717, 1.165) is 10.1 Å². The van der Waals surface area contributed by atoms with Crippen molar-refractivity contribution in [2.75, 3.05) is 5.75 Å². The Kier molecular flexibility index (Phi) is 5.39. The van der Waals surface area contributed by atoms with Crippen LogP contribution in [-0.2, 0) is 4.79 Å². The van der Waals surface area contributed by atoms with Crippen molar-refractivity contribution in [1.82, 2.24) is 0 Å². The van der Waals surface area contributed by atoms with Crippen molar-refractivity contribution in [3.63, 3.8) is 0 Å². The summed E-state index contributed by atoms with van der Waals surface area (Å²) in [7, 11) is 0. The molecule has 1 aliphatic rings. The number of nitrogens with zero attached hydrogens (tertiary/aromatic N) is 1. The Morgan fingerprint density at radius 1 is 1.71 bits per heavy atom. The fourth-order valence-corrected chi connectivity index (χ4v) is 2.95. The summed E-state index contributed by atoms with van der Waals surface area (Å²) in [5, 5.41) is 11.1. The van der Waals surface area contributed by atoms with Crippen LogP contribution in [0.25, 0.3) is 0 Å². The maximum atomic E-state index is 11.0. The van der Waals surface area contributed by atoms with Gasteiger partial charge in [0.25, 0.3) is 5.70 Å². The van der Waals surface area contributed by atoms with Crippen molar-refractivity contribution in [3.05, 3.63) is 31.9 Å². The van der Waals surface area contributed by atoms with Crippen molar-refractivity contribution in [2.24, 2.45) is 5.92 Å². The van der Waals surface area contributed by atoms with E-state index in [4.69, 9.17) is 0 Å². The van der Waals surface area contributed by atoms with Gasteiger partial charge in [0.15, 0.2) is 5.12 Å². The minimum atomic E-state index is -0.299. The Morgan fingerprint density at radius 2 is 2.35 bits per heavy atom. The van der Waals surface area contributed by atoms with Crippen LogP contribution >= 0.6 is 27.7 Å². The minimum absolute atomic E-state index is 0.0391. The molecule has 0 saturated carbocycles. The number of hydrogen-bond acceptors (Lipinski definition) is 4. The molecule has 0 fully saturated rings. The lowest BCUT2D eigenvalue weighted by Crippen LogP contribution is -2.15. The molecule has 1 atom stereocenters. The normalized spacial score (nSPS) is 20.2. The van der Waals surface area contributed by atoms with E-state index in [-0.39, 0.29) is 21.7 Å². The summed E-state index contributed by atoms with van der Waals surface area (Å²) in [6.07, 6.45) is 3.19. The lowest BCUT2D eigenvalue weighted by molar-refractivity contribution is -0.434. The van der Waals surface area contributed by atoms with E-state index in [0.29, 0.717) is 18.6 Å². The standard InChI is InChI=1S/C11H14BrNO3S/c1-7-3-4-10(12)9(11(7)13(15)16)5-6-17-8(2)14/h4,7H,3,5-6H2,1-2H3. The van der Waals surface area contributed by atoms with Crippen LogP contribution in [0.1, 0.15) is 26.7 Å². The van der Waals surface area contributed by atoms with Crippen LogP contribution in [-0.4, -0.2) is 15.8 Å². The number of carbonyl (C=O) groups excluding carboxylic acids is 1. The molecule has 0 amide bonds. The highest BCUT2D eigenvalue weighted by Gasteiger charge is 2.29. The molecule has 0 aromatic heterocycles. The average Bonchev–Trinajstić information content (AvgIpc) is 2.22. The van der Waals surface area contributed by atoms with Crippen molar-refractivity contribution in [3.8, 4) is 0 Å². The molecule has 0 saturated heterocycles. The minimum Gasteiger partial charge on any atom is -0.288 e. The molecule has 1 aliphatic carbocycles. The second kappa shape index (κ2) is 6.35. The summed E-state index contributed by atoms with van der Waals surface area (Å²) in [5.41, 5.74) is 1.01. The fraction of sp³-hybridized carbons (Fsp3) is 0.545. The van der Waals surface area contributed by atoms with E-state index in [1.54, 1.807) is 0 Å². The summed E-state index contributed by atoms with van der Waals surface area (Å²) in [4.78, 5) is 21.6. The smallest absolute Gasteiger partial charge is 0.253 e. The zero-order valence-corrected chi connectivity index (χ0v) is 12.1. The van der Waals surface area contributed by atoms with Crippen LogP contribution in [0.15, 0.2) is 21.8 Å². The van der Waals surface area contributed by atoms with Crippen molar-refractivity contribution in [2.45, 2.75) is 26.7 Å². The van der Waals surface area contributed by atoms with Gasteiger partial charge < -0.3 is 0 Å². The van der Waals surface area contributed by atoms with Gasteiger partial charge in [-0.3, -0.25) is 14.9 Å². The third-order valence-electron chi connectivity index (χ3n) is 2.57. The highest BCUT2D eigenvalue weighted by Crippen LogP contribution is 2.35. The molecule has 1 rings (SSSR count). The number of thioether (sulfide) groups is 1. The Balaban J connectivity index is 2.87. The number of halogens is 1. The van der Waals surface area contributed by atoms with Crippen LogP contribution in [0.3, 0.4) is 0 Å². The molecular formula is C11H14BrNO3S. The Labute approximate surface area is 113 Å². The van der Waals surface area contributed by atoms with Gasteiger partial charge in [-0.05, 0) is 12.8 Å². The van der Waals surface area contributed by atoms with Crippen molar-refractivity contribution >= 4 is 32.8 Å².